The number of methoxy groups -OCH3 is 1. The van der Waals surface area contributed by atoms with Crippen LogP contribution in [-0.4, -0.2) is 29.3 Å². The predicted octanol–water partition coefficient (Wildman–Crippen LogP) is 3.16. The molecule has 0 aliphatic heterocycles. The monoisotopic (exact) mass is 335 g/mol. The second kappa shape index (κ2) is 7.66. The lowest BCUT2D eigenvalue weighted by Gasteiger charge is -2.08. The van der Waals surface area contributed by atoms with Gasteiger partial charge < -0.3 is 10.1 Å². The molecule has 0 saturated heterocycles. The molecular formula is C20H21N3O2. The Balaban J connectivity index is 1.56. The van der Waals surface area contributed by atoms with Gasteiger partial charge in [0.05, 0.1) is 19.0 Å². The SMILES string of the molecule is COc1cc(C(=O)NCCc2cnn(-c3ccccc3)c2)ccc1C. The quantitative estimate of drug-likeness (QED) is 0.753. The number of hydrogen-bond acceptors (Lipinski definition) is 3. The van der Waals surface area contributed by atoms with Crippen molar-refractivity contribution in [2.45, 2.75) is 13.3 Å². The zero-order chi connectivity index (χ0) is 17.6. The number of nitrogens with one attached hydrogen (secondary N) is 1. The van der Waals surface area contributed by atoms with E-state index in [-0.39, 0.29) is 5.91 Å². The summed E-state index contributed by atoms with van der Waals surface area (Å²) in [6.45, 7) is 2.50. The fourth-order valence-corrected chi connectivity index (χ4v) is 2.59. The average molecular weight is 335 g/mol. The molecule has 0 saturated carbocycles. The molecule has 0 radical (unpaired) electrons. The molecule has 3 aromatic rings. The standard InChI is InChI=1S/C20H21N3O2/c1-15-8-9-17(12-19(15)25-2)20(24)21-11-10-16-13-22-23(14-16)18-6-4-3-5-7-18/h3-9,12-14H,10-11H2,1-2H3,(H,21,24). The molecule has 1 amide bonds. The number of aromatic nitrogens is 2. The van der Waals surface area contributed by atoms with E-state index < -0.39 is 0 Å². The van der Waals surface area contributed by atoms with E-state index in [9.17, 15) is 4.79 Å². The number of rotatable bonds is 6. The molecule has 25 heavy (non-hydrogen) atoms. The fraction of sp³-hybridized carbons (Fsp3) is 0.200. The second-order valence-electron chi connectivity index (χ2n) is 5.82. The van der Waals surface area contributed by atoms with Crippen molar-refractivity contribution in [3.8, 4) is 11.4 Å². The van der Waals surface area contributed by atoms with Crippen LogP contribution in [0.3, 0.4) is 0 Å². The molecule has 0 aliphatic carbocycles. The van der Waals surface area contributed by atoms with E-state index in [1.165, 1.54) is 0 Å². The van der Waals surface area contributed by atoms with Crippen LogP contribution in [0.15, 0.2) is 60.9 Å². The van der Waals surface area contributed by atoms with Gasteiger partial charge >= 0.3 is 0 Å². The largest absolute Gasteiger partial charge is 0.496 e. The van der Waals surface area contributed by atoms with Gasteiger partial charge in [0.1, 0.15) is 5.75 Å². The molecule has 1 heterocycles. The van der Waals surface area contributed by atoms with E-state index in [4.69, 9.17) is 4.74 Å². The average Bonchev–Trinajstić information content (AvgIpc) is 3.11. The highest BCUT2D eigenvalue weighted by Gasteiger charge is 2.08. The number of carbonyl (C=O) groups is 1. The zero-order valence-corrected chi connectivity index (χ0v) is 14.4. The van der Waals surface area contributed by atoms with Crippen molar-refractivity contribution in [2.75, 3.05) is 13.7 Å². The maximum absolute atomic E-state index is 12.3. The van der Waals surface area contributed by atoms with Gasteiger partial charge in [-0.05, 0) is 48.7 Å². The third-order valence-electron chi connectivity index (χ3n) is 4.03. The summed E-state index contributed by atoms with van der Waals surface area (Å²) in [5.41, 5.74) is 3.70. The van der Waals surface area contributed by atoms with Gasteiger partial charge in [0.15, 0.2) is 0 Å². The highest BCUT2D eigenvalue weighted by atomic mass is 16.5. The molecule has 3 rings (SSSR count). The third-order valence-corrected chi connectivity index (χ3v) is 4.03. The lowest BCUT2D eigenvalue weighted by atomic mass is 10.1. The Morgan fingerprint density at radius 3 is 2.76 bits per heavy atom. The first-order valence-corrected chi connectivity index (χ1v) is 8.19. The van der Waals surface area contributed by atoms with E-state index in [0.29, 0.717) is 12.1 Å². The van der Waals surface area contributed by atoms with E-state index in [1.54, 1.807) is 19.2 Å². The molecule has 0 unspecified atom stereocenters. The number of nitrogens with zero attached hydrogens (tertiary/aromatic N) is 2. The lowest BCUT2D eigenvalue weighted by molar-refractivity contribution is 0.0954. The predicted molar refractivity (Wildman–Crippen MR) is 97.3 cm³/mol. The Hall–Kier alpha value is -3.08. The Bertz CT molecular complexity index is 856. The number of carbonyl (C=O) groups excluding carboxylic acids is 1. The Kier molecular flexibility index (Phi) is 5.14. The maximum Gasteiger partial charge on any atom is 0.251 e. The van der Waals surface area contributed by atoms with Crippen LogP contribution in [0, 0.1) is 6.92 Å². The highest BCUT2D eigenvalue weighted by Crippen LogP contribution is 2.18. The summed E-state index contributed by atoms with van der Waals surface area (Å²) >= 11 is 0. The number of ether oxygens (including phenoxy) is 1. The summed E-state index contributed by atoms with van der Waals surface area (Å²) in [6.07, 6.45) is 4.53. The van der Waals surface area contributed by atoms with Crippen molar-refractivity contribution >= 4 is 5.91 Å². The molecule has 0 fully saturated rings. The van der Waals surface area contributed by atoms with Crippen LogP contribution < -0.4 is 10.1 Å². The minimum Gasteiger partial charge on any atom is -0.496 e. The summed E-state index contributed by atoms with van der Waals surface area (Å²) < 4.78 is 7.10. The summed E-state index contributed by atoms with van der Waals surface area (Å²) in [5, 5.41) is 7.30. The van der Waals surface area contributed by atoms with Crippen molar-refractivity contribution in [3.63, 3.8) is 0 Å². The molecule has 0 spiro atoms. The Morgan fingerprint density at radius 2 is 2.00 bits per heavy atom. The zero-order valence-electron chi connectivity index (χ0n) is 14.4. The van der Waals surface area contributed by atoms with Crippen LogP contribution in [0.5, 0.6) is 5.75 Å². The Labute approximate surface area is 147 Å². The molecule has 1 aromatic heterocycles. The minimum absolute atomic E-state index is 0.103. The normalized spacial score (nSPS) is 10.5. The van der Waals surface area contributed by atoms with Crippen LogP contribution in [0.1, 0.15) is 21.5 Å². The lowest BCUT2D eigenvalue weighted by Crippen LogP contribution is -2.25. The number of amides is 1. The first-order chi connectivity index (χ1) is 12.2. The van der Waals surface area contributed by atoms with Gasteiger partial charge in [-0.2, -0.15) is 5.10 Å². The number of hydrogen-bond donors (Lipinski definition) is 1. The molecule has 0 atom stereocenters. The van der Waals surface area contributed by atoms with Gasteiger partial charge in [-0.25, -0.2) is 4.68 Å². The molecule has 128 valence electrons. The van der Waals surface area contributed by atoms with E-state index in [1.807, 2.05) is 60.4 Å². The smallest absolute Gasteiger partial charge is 0.251 e. The summed E-state index contributed by atoms with van der Waals surface area (Å²) in [5.74, 6) is 0.616. The summed E-state index contributed by atoms with van der Waals surface area (Å²) in [6, 6.07) is 15.4. The van der Waals surface area contributed by atoms with Crippen LogP contribution in [0.2, 0.25) is 0 Å². The summed E-state index contributed by atoms with van der Waals surface area (Å²) in [7, 11) is 1.61. The van der Waals surface area contributed by atoms with Crippen LogP contribution >= 0.6 is 0 Å². The van der Waals surface area contributed by atoms with Crippen molar-refractivity contribution in [1.29, 1.82) is 0 Å². The minimum atomic E-state index is -0.103. The van der Waals surface area contributed by atoms with Crippen LogP contribution in [0.25, 0.3) is 5.69 Å². The van der Waals surface area contributed by atoms with Crippen molar-refractivity contribution in [2.24, 2.45) is 0 Å². The van der Waals surface area contributed by atoms with Gasteiger partial charge in [0, 0.05) is 18.3 Å². The first-order valence-electron chi connectivity index (χ1n) is 8.19. The van der Waals surface area contributed by atoms with Crippen molar-refractivity contribution in [3.05, 3.63) is 77.6 Å². The van der Waals surface area contributed by atoms with Crippen molar-refractivity contribution < 1.29 is 9.53 Å². The van der Waals surface area contributed by atoms with Crippen LogP contribution in [0.4, 0.5) is 0 Å². The molecule has 2 aromatic carbocycles. The number of benzene rings is 2. The Morgan fingerprint density at radius 1 is 1.20 bits per heavy atom. The van der Waals surface area contributed by atoms with E-state index in [2.05, 4.69) is 10.4 Å². The topological polar surface area (TPSA) is 56.1 Å². The van der Waals surface area contributed by atoms with Gasteiger partial charge in [-0.15, -0.1) is 0 Å². The van der Waals surface area contributed by atoms with Gasteiger partial charge in [0.2, 0.25) is 0 Å². The van der Waals surface area contributed by atoms with Crippen molar-refractivity contribution in [1.82, 2.24) is 15.1 Å². The maximum atomic E-state index is 12.3. The summed E-state index contributed by atoms with van der Waals surface area (Å²) in [4.78, 5) is 12.3. The molecule has 1 N–H and O–H groups in total. The molecule has 0 aliphatic rings. The molecule has 5 heteroatoms. The number of para-hydroxylation sites is 1. The van der Waals surface area contributed by atoms with Crippen LogP contribution in [-0.2, 0) is 6.42 Å². The van der Waals surface area contributed by atoms with Gasteiger partial charge in [-0.1, -0.05) is 24.3 Å². The number of aryl methyl sites for hydroxylation is 1. The van der Waals surface area contributed by atoms with Gasteiger partial charge in [-0.3, -0.25) is 4.79 Å². The third kappa shape index (κ3) is 4.07. The first kappa shape index (κ1) is 16.8. The highest BCUT2D eigenvalue weighted by molar-refractivity contribution is 5.94. The molecule has 0 bridgehead atoms. The molecular weight excluding hydrogens is 314 g/mol. The van der Waals surface area contributed by atoms with E-state index >= 15 is 0 Å². The van der Waals surface area contributed by atoms with E-state index in [0.717, 1.165) is 29.0 Å². The second-order valence-corrected chi connectivity index (χ2v) is 5.82. The van der Waals surface area contributed by atoms with Gasteiger partial charge in [0.25, 0.3) is 5.91 Å². The molecule has 5 nitrogen and oxygen atoms in total. The fourth-order valence-electron chi connectivity index (χ4n) is 2.59.